The maximum atomic E-state index is 12.5. The van der Waals surface area contributed by atoms with Gasteiger partial charge in [-0.25, -0.2) is 9.36 Å². The zero-order chi connectivity index (χ0) is 19.8. The summed E-state index contributed by atoms with van der Waals surface area (Å²) in [5.74, 6) is -0.479. The quantitative estimate of drug-likeness (QED) is 0.477. The van der Waals surface area contributed by atoms with Crippen LogP contribution >= 0.6 is 0 Å². The first kappa shape index (κ1) is 17.5. The van der Waals surface area contributed by atoms with Gasteiger partial charge in [-0.2, -0.15) is 5.10 Å². The number of H-pyrrole nitrogens is 2. The number of hydrogen-bond donors (Lipinski definition) is 3. The van der Waals surface area contributed by atoms with Crippen molar-refractivity contribution in [2.45, 2.75) is 13.8 Å². The summed E-state index contributed by atoms with van der Waals surface area (Å²) in [5, 5.41) is 19.3. The molecule has 2 aromatic carbocycles. The number of rotatable bonds is 3. The van der Waals surface area contributed by atoms with Crippen molar-refractivity contribution in [1.82, 2.24) is 19.7 Å². The molecule has 3 N–H and O–H groups in total. The Labute approximate surface area is 158 Å². The topological polar surface area (TPSA) is 116 Å². The van der Waals surface area contributed by atoms with Gasteiger partial charge in [-0.3, -0.25) is 19.9 Å². The predicted molar refractivity (Wildman–Crippen MR) is 107 cm³/mol. The van der Waals surface area contributed by atoms with E-state index in [-0.39, 0.29) is 5.56 Å². The first-order valence-electron chi connectivity index (χ1n) is 8.59. The van der Waals surface area contributed by atoms with Gasteiger partial charge in [0, 0.05) is 11.6 Å². The predicted octanol–water partition coefficient (Wildman–Crippen LogP) is 2.48. The molecule has 0 aliphatic carbocycles. The molecule has 0 aliphatic heterocycles. The van der Waals surface area contributed by atoms with Crippen molar-refractivity contribution in [3.63, 3.8) is 0 Å². The molecule has 8 nitrogen and oxygen atoms in total. The lowest BCUT2D eigenvalue weighted by atomic mass is 10.1. The molecule has 0 aliphatic rings. The minimum absolute atomic E-state index is 0.118. The van der Waals surface area contributed by atoms with E-state index in [0.717, 1.165) is 21.0 Å². The molecule has 0 fully saturated rings. The molecule has 0 saturated carbocycles. The van der Waals surface area contributed by atoms with E-state index in [0.29, 0.717) is 17.1 Å². The van der Waals surface area contributed by atoms with E-state index in [1.54, 1.807) is 26.0 Å². The minimum atomic E-state index is -0.730. The van der Waals surface area contributed by atoms with Crippen molar-refractivity contribution in [2.75, 3.05) is 0 Å². The van der Waals surface area contributed by atoms with E-state index >= 15 is 0 Å². The molecule has 0 spiro atoms. The fraction of sp³-hybridized carbons (Fsp3) is 0.100. The Morgan fingerprint density at radius 1 is 1.11 bits per heavy atom. The molecule has 4 aromatic rings. The van der Waals surface area contributed by atoms with Crippen LogP contribution in [0.4, 0.5) is 5.69 Å². The molecule has 2 heterocycles. The summed E-state index contributed by atoms with van der Waals surface area (Å²) < 4.78 is 1.07. The average molecular weight is 375 g/mol. The van der Waals surface area contributed by atoms with Gasteiger partial charge in [-0.05, 0) is 25.3 Å². The van der Waals surface area contributed by atoms with E-state index in [9.17, 15) is 14.7 Å². The molecule has 2 aromatic heterocycles. The van der Waals surface area contributed by atoms with Gasteiger partial charge in [0.2, 0.25) is 5.88 Å². The zero-order valence-electron chi connectivity index (χ0n) is 15.2. The highest BCUT2D eigenvalue weighted by molar-refractivity contribution is 5.91. The Bertz CT molecular complexity index is 1320. The highest BCUT2D eigenvalue weighted by Gasteiger charge is 2.16. The van der Waals surface area contributed by atoms with E-state index < -0.39 is 17.1 Å². The van der Waals surface area contributed by atoms with Gasteiger partial charge >= 0.3 is 5.69 Å². The van der Waals surface area contributed by atoms with Gasteiger partial charge in [0.05, 0.1) is 17.1 Å². The van der Waals surface area contributed by atoms with Crippen LogP contribution in [0.5, 0.6) is 5.88 Å². The number of aliphatic imine (C=N–C) groups is 1. The van der Waals surface area contributed by atoms with E-state index in [1.807, 2.05) is 30.3 Å². The number of hydrogen-bond acceptors (Lipinski definition) is 5. The third-order valence-electron chi connectivity index (χ3n) is 4.54. The van der Waals surface area contributed by atoms with Gasteiger partial charge in [0.25, 0.3) is 5.56 Å². The Morgan fingerprint density at radius 3 is 2.61 bits per heavy atom. The number of fused-ring (bicyclic) bond motifs is 1. The van der Waals surface area contributed by atoms with Gasteiger partial charge in [-0.1, -0.05) is 36.4 Å². The zero-order valence-corrected chi connectivity index (χ0v) is 15.2. The van der Waals surface area contributed by atoms with Gasteiger partial charge in [-0.15, -0.1) is 0 Å². The molecule has 0 radical (unpaired) electrons. The van der Waals surface area contributed by atoms with E-state index in [2.05, 4.69) is 20.2 Å². The third kappa shape index (κ3) is 2.81. The van der Waals surface area contributed by atoms with Crippen LogP contribution in [0, 0.1) is 13.8 Å². The Kier molecular flexibility index (Phi) is 4.15. The number of nitrogens with one attached hydrogen (secondary N) is 2. The number of benzene rings is 2. The minimum Gasteiger partial charge on any atom is -0.493 e. The number of aromatic nitrogens is 4. The highest BCUT2D eigenvalue weighted by atomic mass is 16.3. The highest BCUT2D eigenvalue weighted by Crippen LogP contribution is 2.25. The second-order valence-corrected chi connectivity index (χ2v) is 6.37. The molecule has 140 valence electrons. The van der Waals surface area contributed by atoms with Gasteiger partial charge < -0.3 is 5.11 Å². The maximum absolute atomic E-state index is 12.5. The van der Waals surface area contributed by atoms with Crippen LogP contribution in [0.1, 0.15) is 17.0 Å². The van der Waals surface area contributed by atoms with Crippen molar-refractivity contribution in [1.29, 1.82) is 0 Å². The molecule has 0 bridgehead atoms. The number of nitrogens with zero attached hydrogens (tertiary/aromatic N) is 3. The van der Waals surface area contributed by atoms with Crippen LogP contribution < -0.4 is 11.2 Å². The Balaban J connectivity index is 1.94. The van der Waals surface area contributed by atoms with Crippen molar-refractivity contribution in [3.8, 4) is 11.6 Å². The van der Waals surface area contributed by atoms with Crippen LogP contribution in [-0.4, -0.2) is 31.1 Å². The van der Waals surface area contributed by atoms with Crippen molar-refractivity contribution in [2.24, 2.45) is 4.99 Å². The number of aromatic amines is 2. The van der Waals surface area contributed by atoms with E-state index in [4.69, 9.17) is 0 Å². The smallest absolute Gasteiger partial charge is 0.335 e. The third-order valence-corrected chi connectivity index (χ3v) is 4.54. The summed E-state index contributed by atoms with van der Waals surface area (Å²) in [4.78, 5) is 31.3. The fourth-order valence-electron chi connectivity index (χ4n) is 3.15. The molecule has 0 atom stereocenters. The lowest BCUT2D eigenvalue weighted by Gasteiger charge is -2.12. The first-order chi connectivity index (χ1) is 13.5. The summed E-state index contributed by atoms with van der Waals surface area (Å²) in [6.07, 6.45) is 1.24. The number of aromatic hydroxyl groups is 1. The maximum Gasteiger partial charge on any atom is 0.335 e. The molecule has 8 heteroatoms. The van der Waals surface area contributed by atoms with Crippen LogP contribution in [0.25, 0.3) is 16.5 Å². The van der Waals surface area contributed by atoms with Crippen LogP contribution in [0.15, 0.2) is 57.0 Å². The van der Waals surface area contributed by atoms with Crippen molar-refractivity contribution < 1.29 is 5.11 Å². The number of aryl methyl sites for hydroxylation is 2. The Morgan fingerprint density at radius 2 is 1.86 bits per heavy atom. The van der Waals surface area contributed by atoms with E-state index in [1.165, 1.54) is 6.21 Å². The van der Waals surface area contributed by atoms with Crippen molar-refractivity contribution in [3.05, 3.63) is 80.3 Å². The first-order valence-corrected chi connectivity index (χ1v) is 8.59. The summed E-state index contributed by atoms with van der Waals surface area (Å²) in [6, 6.07) is 12.8. The normalized spacial score (nSPS) is 11.5. The summed E-state index contributed by atoms with van der Waals surface area (Å²) in [5.41, 5.74) is 0.851. The van der Waals surface area contributed by atoms with Crippen LogP contribution in [-0.2, 0) is 0 Å². The lowest BCUT2D eigenvalue weighted by molar-refractivity contribution is 0.430. The SMILES string of the molecule is Cc1n[nH]c(C)c1N=Cc1c(O)n(-c2cccc3ccccc23)c(=O)[nH]c1=O. The fourth-order valence-corrected chi connectivity index (χ4v) is 3.15. The van der Waals surface area contributed by atoms with Crippen LogP contribution in [0.3, 0.4) is 0 Å². The van der Waals surface area contributed by atoms with Crippen LogP contribution in [0.2, 0.25) is 0 Å². The molecular formula is C20H17N5O3. The summed E-state index contributed by atoms with van der Waals surface area (Å²) >= 11 is 0. The monoisotopic (exact) mass is 375 g/mol. The molecule has 28 heavy (non-hydrogen) atoms. The largest absolute Gasteiger partial charge is 0.493 e. The standard InChI is InChI=1S/C20H17N5O3/c1-11-17(12(2)24-23-11)21-10-15-18(26)22-20(28)25(19(15)27)16-9-5-7-13-6-3-4-8-14(13)16/h3-10,27H,1-2H3,(H,23,24)(H,22,26,28). The molecule has 4 rings (SSSR count). The average Bonchev–Trinajstić information content (AvgIpc) is 2.99. The molecular weight excluding hydrogens is 358 g/mol. The van der Waals surface area contributed by atoms with Gasteiger partial charge in [0.15, 0.2) is 0 Å². The second kappa shape index (κ2) is 6.66. The molecule has 0 unspecified atom stereocenters. The second-order valence-electron chi connectivity index (χ2n) is 6.37. The summed E-state index contributed by atoms with van der Waals surface area (Å²) in [7, 11) is 0. The molecule has 0 amide bonds. The molecule has 0 saturated heterocycles. The summed E-state index contributed by atoms with van der Waals surface area (Å²) in [6.45, 7) is 3.57. The lowest BCUT2D eigenvalue weighted by Crippen LogP contribution is -2.31. The Hall–Kier alpha value is -3.94. The van der Waals surface area contributed by atoms with Gasteiger partial charge in [0.1, 0.15) is 11.3 Å². The van der Waals surface area contributed by atoms with Crippen molar-refractivity contribution >= 4 is 22.7 Å².